The molecular weight excluding hydrogens is 266 g/mol. The van der Waals surface area contributed by atoms with E-state index >= 15 is 0 Å². The van der Waals surface area contributed by atoms with Gasteiger partial charge in [-0.05, 0) is 25.1 Å². The number of para-hydroxylation sites is 1. The van der Waals surface area contributed by atoms with E-state index in [1.807, 2.05) is 31.2 Å². The second-order valence-electron chi connectivity index (χ2n) is 3.85. The molecule has 96 valence electrons. The molecule has 0 saturated heterocycles. The van der Waals surface area contributed by atoms with Gasteiger partial charge in [-0.15, -0.1) is 11.3 Å². The predicted octanol–water partition coefficient (Wildman–Crippen LogP) is 4.55. The first-order valence-electron chi connectivity index (χ1n) is 5.93. The molecule has 2 rings (SSSR count). The SMILES string of the molecule is CCOCc1ccccc1NCc1ccc(Cl)s1. The molecule has 4 heteroatoms. The average Bonchev–Trinajstić information content (AvgIpc) is 2.81. The number of halogens is 1. The second-order valence-corrected chi connectivity index (χ2v) is 5.65. The van der Waals surface area contributed by atoms with Crippen LogP contribution >= 0.6 is 22.9 Å². The molecule has 0 bridgehead atoms. The Morgan fingerprint density at radius 2 is 2.06 bits per heavy atom. The summed E-state index contributed by atoms with van der Waals surface area (Å²) in [4.78, 5) is 1.23. The first-order valence-corrected chi connectivity index (χ1v) is 7.12. The standard InChI is InChI=1S/C14H16ClNOS/c1-2-17-10-11-5-3-4-6-13(11)16-9-12-7-8-14(15)18-12/h3-8,16H,2,9-10H2,1H3. The van der Waals surface area contributed by atoms with E-state index < -0.39 is 0 Å². The van der Waals surface area contributed by atoms with E-state index in [0.29, 0.717) is 6.61 Å². The molecule has 2 nitrogen and oxygen atoms in total. The summed E-state index contributed by atoms with van der Waals surface area (Å²) in [6.45, 7) is 4.17. The quantitative estimate of drug-likeness (QED) is 0.839. The van der Waals surface area contributed by atoms with Crippen molar-refractivity contribution in [3.05, 3.63) is 51.2 Å². The van der Waals surface area contributed by atoms with Gasteiger partial charge < -0.3 is 10.1 Å². The number of rotatable bonds is 6. The van der Waals surface area contributed by atoms with Crippen molar-refractivity contribution in [1.29, 1.82) is 0 Å². The Balaban J connectivity index is 1.99. The molecule has 0 unspecified atom stereocenters. The third-order valence-corrected chi connectivity index (χ3v) is 3.79. The summed E-state index contributed by atoms with van der Waals surface area (Å²) < 4.78 is 6.29. The molecule has 0 fully saturated rings. The Labute approximate surface area is 117 Å². The van der Waals surface area contributed by atoms with Gasteiger partial charge in [0.2, 0.25) is 0 Å². The van der Waals surface area contributed by atoms with Crippen molar-refractivity contribution in [1.82, 2.24) is 0 Å². The van der Waals surface area contributed by atoms with Gasteiger partial charge in [0.05, 0.1) is 10.9 Å². The average molecular weight is 282 g/mol. The lowest BCUT2D eigenvalue weighted by molar-refractivity contribution is 0.134. The lowest BCUT2D eigenvalue weighted by atomic mass is 10.2. The highest BCUT2D eigenvalue weighted by Crippen LogP contribution is 2.23. The zero-order valence-electron chi connectivity index (χ0n) is 10.3. The van der Waals surface area contributed by atoms with Crippen molar-refractivity contribution >= 4 is 28.6 Å². The molecule has 0 atom stereocenters. The normalized spacial score (nSPS) is 10.6. The van der Waals surface area contributed by atoms with Gasteiger partial charge in [0, 0.05) is 29.3 Å². The van der Waals surface area contributed by atoms with Gasteiger partial charge >= 0.3 is 0 Å². The van der Waals surface area contributed by atoms with E-state index in [2.05, 4.69) is 17.4 Å². The fourth-order valence-corrected chi connectivity index (χ4v) is 2.69. The molecule has 18 heavy (non-hydrogen) atoms. The van der Waals surface area contributed by atoms with E-state index in [0.717, 1.165) is 23.2 Å². The Morgan fingerprint density at radius 3 is 2.78 bits per heavy atom. The molecule has 0 amide bonds. The number of nitrogens with one attached hydrogen (secondary N) is 1. The highest BCUT2D eigenvalue weighted by atomic mass is 35.5. The molecular formula is C14H16ClNOS. The maximum absolute atomic E-state index is 5.91. The van der Waals surface area contributed by atoms with Crippen molar-refractivity contribution in [3.8, 4) is 0 Å². The van der Waals surface area contributed by atoms with E-state index in [-0.39, 0.29) is 0 Å². The van der Waals surface area contributed by atoms with Crippen molar-refractivity contribution in [3.63, 3.8) is 0 Å². The molecule has 1 N–H and O–H groups in total. The van der Waals surface area contributed by atoms with Crippen LogP contribution < -0.4 is 5.32 Å². The summed E-state index contributed by atoms with van der Waals surface area (Å²) >= 11 is 7.52. The van der Waals surface area contributed by atoms with Gasteiger partial charge in [-0.2, -0.15) is 0 Å². The van der Waals surface area contributed by atoms with Crippen molar-refractivity contribution < 1.29 is 4.74 Å². The van der Waals surface area contributed by atoms with Crippen LogP contribution in [0.1, 0.15) is 17.4 Å². The third-order valence-electron chi connectivity index (χ3n) is 2.56. The van der Waals surface area contributed by atoms with Crippen LogP contribution in [0.3, 0.4) is 0 Å². The third kappa shape index (κ3) is 3.73. The Morgan fingerprint density at radius 1 is 1.22 bits per heavy atom. The molecule has 0 spiro atoms. The van der Waals surface area contributed by atoms with E-state index in [9.17, 15) is 0 Å². The molecule has 1 aromatic carbocycles. The zero-order chi connectivity index (χ0) is 12.8. The van der Waals surface area contributed by atoms with Gasteiger partial charge in [0.15, 0.2) is 0 Å². The van der Waals surface area contributed by atoms with Crippen molar-refractivity contribution in [2.24, 2.45) is 0 Å². The summed E-state index contributed by atoms with van der Waals surface area (Å²) in [7, 11) is 0. The van der Waals surface area contributed by atoms with Crippen molar-refractivity contribution in [2.75, 3.05) is 11.9 Å². The van der Waals surface area contributed by atoms with Gasteiger partial charge in [-0.3, -0.25) is 0 Å². The molecule has 0 radical (unpaired) electrons. The molecule has 0 aliphatic rings. The monoisotopic (exact) mass is 281 g/mol. The van der Waals surface area contributed by atoms with Crippen LogP contribution in [0.5, 0.6) is 0 Å². The second kappa shape index (κ2) is 6.78. The predicted molar refractivity (Wildman–Crippen MR) is 78.4 cm³/mol. The lowest BCUT2D eigenvalue weighted by Crippen LogP contribution is -2.02. The van der Waals surface area contributed by atoms with E-state index in [1.165, 1.54) is 10.4 Å². The fourth-order valence-electron chi connectivity index (χ4n) is 1.66. The minimum atomic E-state index is 0.644. The Hall–Kier alpha value is -1.03. The summed E-state index contributed by atoms with van der Waals surface area (Å²) in [5.74, 6) is 0. The van der Waals surface area contributed by atoms with Crippen LogP contribution in [0.2, 0.25) is 4.34 Å². The fraction of sp³-hybridized carbons (Fsp3) is 0.286. The molecule has 0 aliphatic carbocycles. The smallest absolute Gasteiger partial charge is 0.0931 e. The van der Waals surface area contributed by atoms with Crippen LogP contribution in [0.4, 0.5) is 5.69 Å². The van der Waals surface area contributed by atoms with E-state index in [1.54, 1.807) is 11.3 Å². The summed E-state index contributed by atoms with van der Waals surface area (Å²) in [5, 5.41) is 3.42. The number of hydrogen-bond acceptors (Lipinski definition) is 3. The maximum atomic E-state index is 5.91. The summed E-state index contributed by atoms with van der Waals surface area (Å²) in [6.07, 6.45) is 0. The topological polar surface area (TPSA) is 21.3 Å². The van der Waals surface area contributed by atoms with Crippen molar-refractivity contribution in [2.45, 2.75) is 20.1 Å². The first kappa shape index (κ1) is 13.4. The van der Waals surface area contributed by atoms with Crippen LogP contribution in [-0.2, 0) is 17.9 Å². The van der Waals surface area contributed by atoms with Gasteiger partial charge in [-0.1, -0.05) is 29.8 Å². The molecule has 0 aliphatic heterocycles. The number of ether oxygens (including phenoxy) is 1. The van der Waals surface area contributed by atoms with E-state index in [4.69, 9.17) is 16.3 Å². The highest BCUT2D eigenvalue weighted by molar-refractivity contribution is 7.16. The Bertz CT molecular complexity index is 498. The molecule has 2 aromatic rings. The van der Waals surface area contributed by atoms with Crippen LogP contribution in [0, 0.1) is 0 Å². The Kier molecular flexibility index (Phi) is 5.05. The lowest BCUT2D eigenvalue weighted by Gasteiger charge is -2.11. The minimum Gasteiger partial charge on any atom is -0.380 e. The van der Waals surface area contributed by atoms with Crippen LogP contribution in [0.15, 0.2) is 36.4 Å². The molecule has 1 heterocycles. The van der Waals surface area contributed by atoms with Gasteiger partial charge in [-0.25, -0.2) is 0 Å². The highest BCUT2D eigenvalue weighted by Gasteiger charge is 2.02. The van der Waals surface area contributed by atoms with Gasteiger partial charge in [0.25, 0.3) is 0 Å². The minimum absolute atomic E-state index is 0.644. The largest absolute Gasteiger partial charge is 0.380 e. The van der Waals surface area contributed by atoms with Crippen LogP contribution in [-0.4, -0.2) is 6.61 Å². The number of benzene rings is 1. The number of anilines is 1. The zero-order valence-corrected chi connectivity index (χ0v) is 11.9. The number of hydrogen-bond donors (Lipinski definition) is 1. The maximum Gasteiger partial charge on any atom is 0.0931 e. The molecule has 0 saturated carbocycles. The van der Waals surface area contributed by atoms with Crippen LogP contribution in [0.25, 0.3) is 0 Å². The summed E-state index contributed by atoms with van der Waals surface area (Å²) in [6, 6.07) is 12.2. The van der Waals surface area contributed by atoms with Gasteiger partial charge in [0.1, 0.15) is 0 Å². The first-order chi connectivity index (χ1) is 8.79. The summed E-state index contributed by atoms with van der Waals surface area (Å²) in [5.41, 5.74) is 2.30. The number of thiophene rings is 1. The molecule has 1 aromatic heterocycles.